The molecule has 0 aromatic heterocycles. The van der Waals surface area contributed by atoms with E-state index in [0.29, 0.717) is 6.04 Å². The lowest BCUT2D eigenvalue weighted by molar-refractivity contribution is 0.0478. The molecule has 3 nitrogen and oxygen atoms in total. The minimum absolute atomic E-state index is 0.364. The molecule has 1 atom stereocenters. The number of hydrogen-bond donors (Lipinski definition) is 2. The minimum Gasteiger partial charge on any atom is -0.327 e. The first-order valence-electron chi connectivity index (χ1n) is 5.94. The molecule has 1 saturated carbocycles. The van der Waals surface area contributed by atoms with Crippen LogP contribution < -0.4 is 11.2 Å². The van der Waals surface area contributed by atoms with Gasteiger partial charge in [-0.25, -0.2) is 5.48 Å². The second kappa shape index (κ2) is 7.21. The molecule has 0 saturated heterocycles. The zero-order valence-corrected chi connectivity index (χ0v) is 9.30. The van der Waals surface area contributed by atoms with Gasteiger partial charge < -0.3 is 10.6 Å². The molecule has 0 aromatic rings. The van der Waals surface area contributed by atoms with Crippen molar-refractivity contribution in [3.8, 4) is 0 Å². The van der Waals surface area contributed by atoms with E-state index in [2.05, 4.69) is 5.48 Å². The highest BCUT2D eigenvalue weighted by Gasteiger charge is 2.19. The quantitative estimate of drug-likeness (QED) is 0.508. The summed E-state index contributed by atoms with van der Waals surface area (Å²) in [6, 6.07) is 0.364. The van der Waals surface area contributed by atoms with Crippen LogP contribution in [0.4, 0.5) is 0 Å². The van der Waals surface area contributed by atoms with Gasteiger partial charge in [0.1, 0.15) is 0 Å². The monoisotopic (exact) mass is 200 g/mol. The van der Waals surface area contributed by atoms with E-state index in [1.165, 1.54) is 32.1 Å². The predicted octanol–water partition coefficient (Wildman–Crippen LogP) is 1.83. The fourth-order valence-electron chi connectivity index (χ4n) is 2.20. The Balaban J connectivity index is 2.04. The highest BCUT2D eigenvalue weighted by atomic mass is 16.6. The maximum Gasteiger partial charge on any atom is 0.0653 e. The maximum absolute atomic E-state index is 6.14. The molecule has 0 aliphatic heterocycles. The number of nitrogens with one attached hydrogen (secondary N) is 1. The van der Waals surface area contributed by atoms with Gasteiger partial charge in [0.15, 0.2) is 0 Å². The Morgan fingerprint density at radius 2 is 2.07 bits per heavy atom. The van der Waals surface area contributed by atoms with Gasteiger partial charge in [0.25, 0.3) is 0 Å². The average molecular weight is 200 g/mol. The lowest BCUT2D eigenvalue weighted by atomic mass is 9.83. The molecule has 3 heteroatoms. The van der Waals surface area contributed by atoms with Crippen LogP contribution in [-0.4, -0.2) is 19.2 Å². The third kappa shape index (κ3) is 4.40. The van der Waals surface area contributed by atoms with Crippen LogP contribution in [-0.2, 0) is 4.84 Å². The lowest BCUT2D eigenvalue weighted by Crippen LogP contribution is -2.34. The molecule has 84 valence electrons. The summed E-state index contributed by atoms with van der Waals surface area (Å²) in [7, 11) is 0. The standard InChI is InChI=1S/C11H24N2O/c1-2-14-13-9-8-11(12)10-6-4-3-5-7-10/h10-11,13H,2-9,12H2,1H3. The van der Waals surface area contributed by atoms with Gasteiger partial charge in [-0.15, -0.1) is 0 Å². The van der Waals surface area contributed by atoms with Crippen LogP contribution in [0.25, 0.3) is 0 Å². The average Bonchev–Trinajstić information content (AvgIpc) is 2.25. The highest BCUT2D eigenvalue weighted by molar-refractivity contribution is 4.76. The third-order valence-corrected chi connectivity index (χ3v) is 3.08. The van der Waals surface area contributed by atoms with Gasteiger partial charge in [0, 0.05) is 12.6 Å². The van der Waals surface area contributed by atoms with E-state index in [1.54, 1.807) is 0 Å². The minimum atomic E-state index is 0.364. The molecule has 1 fully saturated rings. The smallest absolute Gasteiger partial charge is 0.0653 e. The normalized spacial score (nSPS) is 21.0. The highest BCUT2D eigenvalue weighted by Crippen LogP contribution is 2.26. The summed E-state index contributed by atoms with van der Waals surface area (Å²) in [5, 5.41) is 0. The Hall–Kier alpha value is -0.120. The summed E-state index contributed by atoms with van der Waals surface area (Å²) in [6.07, 6.45) is 7.84. The van der Waals surface area contributed by atoms with Gasteiger partial charge in [-0.1, -0.05) is 19.3 Å². The Morgan fingerprint density at radius 1 is 1.36 bits per heavy atom. The summed E-state index contributed by atoms with van der Waals surface area (Å²) < 4.78 is 0. The van der Waals surface area contributed by atoms with Crippen LogP contribution in [0, 0.1) is 5.92 Å². The molecule has 14 heavy (non-hydrogen) atoms. The molecule has 0 spiro atoms. The van der Waals surface area contributed by atoms with Gasteiger partial charge >= 0.3 is 0 Å². The van der Waals surface area contributed by atoms with Crippen LogP contribution >= 0.6 is 0 Å². The van der Waals surface area contributed by atoms with Crippen molar-refractivity contribution in [2.24, 2.45) is 11.7 Å². The summed E-state index contributed by atoms with van der Waals surface area (Å²) >= 11 is 0. The van der Waals surface area contributed by atoms with Crippen molar-refractivity contribution in [3.05, 3.63) is 0 Å². The molecule has 1 rings (SSSR count). The van der Waals surface area contributed by atoms with Crippen molar-refractivity contribution in [2.45, 2.75) is 51.5 Å². The van der Waals surface area contributed by atoms with Gasteiger partial charge in [-0.2, -0.15) is 0 Å². The first-order chi connectivity index (χ1) is 6.84. The Bertz CT molecular complexity index is 135. The number of hydroxylamine groups is 1. The van der Waals surface area contributed by atoms with Crippen LogP contribution in [0.2, 0.25) is 0 Å². The molecule has 0 heterocycles. The van der Waals surface area contributed by atoms with E-state index in [0.717, 1.165) is 25.5 Å². The van der Waals surface area contributed by atoms with Crippen LogP contribution in [0.1, 0.15) is 45.4 Å². The molecule has 0 amide bonds. The van der Waals surface area contributed by atoms with Crippen LogP contribution in [0.15, 0.2) is 0 Å². The van der Waals surface area contributed by atoms with E-state index in [1.807, 2.05) is 6.92 Å². The van der Waals surface area contributed by atoms with E-state index >= 15 is 0 Å². The van der Waals surface area contributed by atoms with Crippen LogP contribution in [0.3, 0.4) is 0 Å². The van der Waals surface area contributed by atoms with Crippen molar-refractivity contribution in [2.75, 3.05) is 13.2 Å². The summed E-state index contributed by atoms with van der Waals surface area (Å²) in [5.74, 6) is 0.757. The van der Waals surface area contributed by atoms with Crippen molar-refractivity contribution in [3.63, 3.8) is 0 Å². The Morgan fingerprint density at radius 3 is 2.71 bits per heavy atom. The number of rotatable bonds is 6. The van der Waals surface area contributed by atoms with Gasteiger partial charge in [-0.3, -0.25) is 0 Å². The van der Waals surface area contributed by atoms with E-state index < -0.39 is 0 Å². The first kappa shape index (κ1) is 12.0. The van der Waals surface area contributed by atoms with Crippen molar-refractivity contribution < 1.29 is 4.84 Å². The maximum atomic E-state index is 6.14. The molecular weight excluding hydrogens is 176 g/mol. The third-order valence-electron chi connectivity index (χ3n) is 3.08. The molecule has 0 radical (unpaired) electrons. The zero-order chi connectivity index (χ0) is 10.2. The lowest BCUT2D eigenvalue weighted by Gasteiger charge is -2.27. The van der Waals surface area contributed by atoms with Gasteiger partial charge in [0.2, 0.25) is 0 Å². The molecular formula is C11H24N2O. The van der Waals surface area contributed by atoms with Crippen molar-refractivity contribution in [1.82, 2.24) is 5.48 Å². The second-order valence-corrected chi connectivity index (χ2v) is 4.18. The molecule has 1 aliphatic rings. The van der Waals surface area contributed by atoms with Gasteiger partial charge in [-0.05, 0) is 32.1 Å². The van der Waals surface area contributed by atoms with E-state index in [9.17, 15) is 0 Å². The Kier molecular flexibility index (Phi) is 6.15. The van der Waals surface area contributed by atoms with Crippen molar-refractivity contribution in [1.29, 1.82) is 0 Å². The fraction of sp³-hybridized carbons (Fsp3) is 1.00. The van der Waals surface area contributed by atoms with Crippen LogP contribution in [0.5, 0.6) is 0 Å². The Labute approximate surface area is 87.3 Å². The molecule has 3 N–H and O–H groups in total. The topological polar surface area (TPSA) is 47.3 Å². The summed E-state index contributed by atoms with van der Waals surface area (Å²) in [6.45, 7) is 3.58. The van der Waals surface area contributed by atoms with Crippen molar-refractivity contribution >= 4 is 0 Å². The largest absolute Gasteiger partial charge is 0.327 e. The predicted molar refractivity (Wildman–Crippen MR) is 58.8 cm³/mol. The molecule has 1 aliphatic carbocycles. The number of nitrogens with two attached hydrogens (primary N) is 1. The zero-order valence-electron chi connectivity index (χ0n) is 9.30. The van der Waals surface area contributed by atoms with E-state index in [4.69, 9.17) is 10.6 Å². The summed E-state index contributed by atoms with van der Waals surface area (Å²) in [4.78, 5) is 5.07. The number of hydrogen-bond acceptors (Lipinski definition) is 3. The molecule has 0 bridgehead atoms. The molecule has 1 unspecified atom stereocenters. The SMILES string of the molecule is CCONCCC(N)C1CCCCC1. The van der Waals surface area contributed by atoms with E-state index in [-0.39, 0.29) is 0 Å². The molecule has 0 aromatic carbocycles. The second-order valence-electron chi connectivity index (χ2n) is 4.18. The fourth-order valence-corrected chi connectivity index (χ4v) is 2.20. The summed E-state index contributed by atoms with van der Waals surface area (Å²) in [5.41, 5.74) is 9.06. The van der Waals surface area contributed by atoms with Gasteiger partial charge in [0.05, 0.1) is 6.61 Å². The first-order valence-corrected chi connectivity index (χ1v) is 5.94.